The monoisotopic (exact) mass is 418 g/mol. The van der Waals surface area contributed by atoms with Gasteiger partial charge in [-0.05, 0) is 35.1 Å². The zero-order valence-corrected chi connectivity index (χ0v) is 14.5. The zero-order valence-electron chi connectivity index (χ0n) is 12.9. The van der Waals surface area contributed by atoms with Gasteiger partial charge in [0.05, 0.1) is 0 Å². The van der Waals surface area contributed by atoms with E-state index in [4.69, 9.17) is 0 Å². The van der Waals surface area contributed by atoms with E-state index in [9.17, 15) is 22.0 Å². The molecule has 0 saturated carbocycles. The number of alkyl halides is 3. The number of likely N-dealkylation sites (N-methyl/N-ethyl adjacent to an activating group) is 2. The zero-order chi connectivity index (χ0) is 16.9. The van der Waals surface area contributed by atoms with Crippen molar-refractivity contribution in [1.82, 2.24) is 9.80 Å². The molecule has 0 aliphatic heterocycles. The number of hydrogen-bond acceptors (Lipinski definition) is 2. The van der Waals surface area contributed by atoms with Gasteiger partial charge < -0.3 is 18.6 Å². The fourth-order valence-electron chi connectivity index (χ4n) is 0.976. The van der Waals surface area contributed by atoms with Crippen molar-refractivity contribution in [2.45, 2.75) is 6.18 Å². The Hall–Kier alpha value is -0.548. The molecule has 1 aromatic carbocycles. The van der Waals surface area contributed by atoms with Crippen molar-refractivity contribution in [2.75, 3.05) is 41.3 Å². The molecule has 2 nitrogen and oxygen atoms in total. The first-order valence-electron chi connectivity index (χ1n) is 6.00. The number of nitrogens with zero attached hydrogens (tertiary/aromatic N) is 2. The van der Waals surface area contributed by atoms with Gasteiger partial charge in [-0.1, -0.05) is 5.56 Å². The predicted octanol–water partition coefficient (Wildman–Crippen LogP) is 3.66. The Balaban J connectivity index is -0.000000273. The van der Waals surface area contributed by atoms with Crippen molar-refractivity contribution >= 4 is 0 Å². The third-order valence-corrected chi connectivity index (χ3v) is 2.04. The van der Waals surface area contributed by atoms with Crippen LogP contribution in [-0.2, 0) is 26.6 Å². The summed E-state index contributed by atoms with van der Waals surface area (Å²) in [5.74, 6) is 0. The Bertz CT molecular complexity index is 324. The van der Waals surface area contributed by atoms with Crippen LogP contribution in [0.3, 0.4) is 0 Å². The normalized spacial score (nSPS) is 10.1. The number of rotatable bonds is 3. The second kappa shape index (κ2) is 15.4. The smallest absolute Gasteiger partial charge is 0.425 e. The molecule has 0 radical (unpaired) electrons. The van der Waals surface area contributed by atoms with Gasteiger partial charge in [-0.2, -0.15) is 43.5 Å². The maximum absolute atomic E-state index is 11.8. The van der Waals surface area contributed by atoms with Crippen LogP contribution in [0.4, 0.5) is 22.0 Å². The third kappa shape index (κ3) is 19.5. The van der Waals surface area contributed by atoms with E-state index in [0.717, 1.165) is 25.2 Å². The van der Waals surface area contributed by atoms with Crippen molar-refractivity contribution in [2.24, 2.45) is 0 Å². The second-order valence-corrected chi connectivity index (χ2v) is 4.48. The van der Waals surface area contributed by atoms with Gasteiger partial charge in [0.1, 0.15) is 0 Å². The molecule has 0 aliphatic carbocycles. The predicted molar refractivity (Wildman–Crippen MR) is 73.9 cm³/mol. The first-order chi connectivity index (χ1) is 9.65. The molecule has 0 fully saturated rings. The van der Waals surface area contributed by atoms with Gasteiger partial charge in [-0.15, -0.1) is 0 Å². The first kappa shape index (κ1) is 26.4. The minimum absolute atomic E-state index is 0. The Kier molecular flexibility index (Phi) is 18.4. The van der Waals surface area contributed by atoms with Crippen molar-refractivity contribution in [3.63, 3.8) is 0 Å². The average Bonchev–Trinajstić information content (AvgIpc) is 2.38. The van der Waals surface area contributed by atoms with Crippen LogP contribution >= 0.6 is 0 Å². The minimum Gasteiger partial charge on any atom is -0.425 e. The Morgan fingerprint density at radius 1 is 0.955 bits per heavy atom. The maximum atomic E-state index is 11.8. The van der Waals surface area contributed by atoms with Crippen molar-refractivity contribution in [3.8, 4) is 0 Å². The summed E-state index contributed by atoms with van der Waals surface area (Å²) in [5, 5.41) is 0. The maximum Gasteiger partial charge on any atom is 2.00 e. The van der Waals surface area contributed by atoms with E-state index in [2.05, 4.69) is 44.1 Å². The standard InChI is InChI=1S/C7H4F3.C6H16N2.CHF2.Pd/c8-7(9,10)6-4-2-1-3-5-6;1-7(2)5-6-8(3)4;2-1-3;/h2-5H;5-6H2,1-4H3;1H;/q-1;;-1;+2. The largest absolute Gasteiger partial charge is 2.00 e. The SMILES string of the molecule is CN(C)CCN(C)C.FC(F)(F)c1cc[c-]cc1.F[CH-]F.[Pd+2]. The summed E-state index contributed by atoms with van der Waals surface area (Å²) >= 11 is 0. The Labute approximate surface area is 142 Å². The summed E-state index contributed by atoms with van der Waals surface area (Å²) in [6.45, 7) is 1.29. The molecule has 0 amide bonds. The van der Waals surface area contributed by atoms with Gasteiger partial charge in [-0.25, -0.2) is 0 Å². The van der Waals surface area contributed by atoms with Crippen molar-refractivity contribution in [3.05, 3.63) is 42.8 Å². The van der Waals surface area contributed by atoms with E-state index in [1.165, 1.54) is 12.1 Å². The van der Waals surface area contributed by atoms with Gasteiger partial charge >= 0.3 is 26.6 Å². The third-order valence-electron chi connectivity index (χ3n) is 2.04. The molecule has 0 unspecified atom stereocenters. The van der Waals surface area contributed by atoms with Crippen LogP contribution in [0.5, 0.6) is 0 Å². The Morgan fingerprint density at radius 2 is 1.27 bits per heavy atom. The van der Waals surface area contributed by atoms with Gasteiger partial charge in [0.2, 0.25) is 0 Å². The van der Waals surface area contributed by atoms with E-state index in [1.54, 1.807) is 0 Å². The first-order valence-corrected chi connectivity index (χ1v) is 6.00. The summed E-state index contributed by atoms with van der Waals surface area (Å²) in [5.41, 5.74) is -0.633. The van der Waals surface area contributed by atoms with Gasteiger partial charge in [0.15, 0.2) is 0 Å². The molecule has 0 heterocycles. The van der Waals surface area contributed by atoms with Crippen LogP contribution in [-0.4, -0.2) is 51.1 Å². The molecule has 8 heteroatoms. The van der Waals surface area contributed by atoms with Crippen LogP contribution < -0.4 is 0 Å². The molecule has 0 bridgehead atoms. The molecular formula is C14H21F5N2Pd. The summed E-state index contributed by atoms with van der Waals surface area (Å²) in [7, 11) is 8.35. The molecule has 132 valence electrons. The molecule has 0 spiro atoms. The van der Waals surface area contributed by atoms with Crippen molar-refractivity contribution < 1.29 is 42.4 Å². The van der Waals surface area contributed by atoms with E-state index in [1.807, 2.05) is 0 Å². The summed E-state index contributed by atoms with van der Waals surface area (Å²) in [6.07, 6.45) is -4.23. The van der Waals surface area contributed by atoms with Crippen LogP contribution in [0.25, 0.3) is 0 Å². The van der Waals surface area contributed by atoms with Gasteiger partial charge in [0.25, 0.3) is 0 Å². The molecule has 1 rings (SSSR count). The fourth-order valence-corrected chi connectivity index (χ4v) is 0.976. The van der Waals surface area contributed by atoms with Crippen LogP contribution in [0.15, 0.2) is 24.3 Å². The minimum atomic E-state index is -4.23. The molecule has 0 saturated heterocycles. The van der Waals surface area contributed by atoms with E-state index >= 15 is 0 Å². The van der Waals surface area contributed by atoms with Gasteiger partial charge in [-0.3, -0.25) is 0 Å². The molecule has 1 aromatic rings. The number of hydrogen-bond donors (Lipinski definition) is 0. The number of benzene rings is 1. The molecule has 0 atom stereocenters. The van der Waals surface area contributed by atoms with E-state index in [0.29, 0.717) is 0 Å². The number of halogens is 5. The van der Waals surface area contributed by atoms with E-state index < -0.39 is 18.7 Å². The topological polar surface area (TPSA) is 6.48 Å². The summed E-state index contributed by atoms with van der Waals surface area (Å²) in [6, 6.07) is 6.95. The Morgan fingerprint density at radius 3 is 1.45 bits per heavy atom. The van der Waals surface area contributed by atoms with Gasteiger partial charge in [0, 0.05) is 13.1 Å². The van der Waals surface area contributed by atoms with E-state index in [-0.39, 0.29) is 20.4 Å². The van der Waals surface area contributed by atoms with Crippen LogP contribution in [0, 0.1) is 13.0 Å². The fraction of sp³-hybridized carbons (Fsp3) is 0.500. The summed E-state index contributed by atoms with van der Waals surface area (Å²) < 4.78 is 54.3. The summed E-state index contributed by atoms with van der Waals surface area (Å²) in [4.78, 5) is 4.36. The average molecular weight is 419 g/mol. The van der Waals surface area contributed by atoms with Crippen molar-refractivity contribution in [1.29, 1.82) is 0 Å². The molecular weight excluding hydrogens is 398 g/mol. The second-order valence-electron chi connectivity index (χ2n) is 4.48. The quantitative estimate of drug-likeness (QED) is 0.420. The molecule has 22 heavy (non-hydrogen) atoms. The van der Waals surface area contributed by atoms with Crippen LogP contribution in [0.1, 0.15) is 5.56 Å². The molecule has 0 aromatic heterocycles. The molecule has 0 N–H and O–H groups in total. The molecule has 0 aliphatic rings. The van der Waals surface area contributed by atoms with Crippen LogP contribution in [0.2, 0.25) is 0 Å².